The molecule has 1 aromatic carbocycles. The molecule has 0 amide bonds. The second-order valence-electron chi connectivity index (χ2n) is 6.10. The highest BCUT2D eigenvalue weighted by Gasteiger charge is 2.22. The van der Waals surface area contributed by atoms with Crippen LogP contribution in [0, 0.1) is 0 Å². The summed E-state index contributed by atoms with van der Waals surface area (Å²) in [5.74, 6) is 0.637. The van der Waals surface area contributed by atoms with Crippen LogP contribution in [0.5, 0.6) is 0 Å². The molecule has 1 aromatic heterocycles. The SMILES string of the molecule is O=S(=O)(NCCN1CCC(c2cccs2)CC1)c1cc(Cl)ccc1Cl. The summed E-state index contributed by atoms with van der Waals surface area (Å²) < 4.78 is 27.4. The Hall–Kier alpha value is -0.630. The van der Waals surface area contributed by atoms with E-state index in [1.807, 2.05) is 11.3 Å². The van der Waals surface area contributed by atoms with Crippen molar-refractivity contribution < 1.29 is 8.42 Å². The first kappa shape index (κ1) is 19.1. The van der Waals surface area contributed by atoms with Gasteiger partial charge in [-0.25, -0.2) is 13.1 Å². The monoisotopic (exact) mass is 418 g/mol. The number of halogens is 2. The smallest absolute Gasteiger partial charge is 0.242 e. The zero-order valence-electron chi connectivity index (χ0n) is 13.6. The minimum absolute atomic E-state index is 0.0260. The van der Waals surface area contributed by atoms with Crippen LogP contribution in [0.4, 0.5) is 0 Å². The predicted molar refractivity (Wildman–Crippen MR) is 104 cm³/mol. The normalized spacial score (nSPS) is 17.0. The quantitative estimate of drug-likeness (QED) is 0.763. The predicted octanol–water partition coefficient (Wildman–Crippen LogP) is 4.21. The Balaban J connectivity index is 1.49. The Bertz CT molecular complexity index is 802. The van der Waals surface area contributed by atoms with Gasteiger partial charge in [-0.1, -0.05) is 29.3 Å². The molecule has 0 atom stereocenters. The molecule has 0 bridgehead atoms. The van der Waals surface area contributed by atoms with Gasteiger partial charge in [0.15, 0.2) is 0 Å². The third-order valence-electron chi connectivity index (χ3n) is 4.44. The first-order valence-electron chi connectivity index (χ1n) is 8.16. The molecule has 1 N–H and O–H groups in total. The third kappa shape index (κ3) is 4.96. The summed E-state index contributed by atoms with van der Waals surface area (Å²) in [6.07, 6.45) is 2.24. The van der Waals surface area contributed by atoms with Crippen LogP contribution in [0.3, 0.4) is 0 Å². The van der Waals surface area contributed by atoms with E-state index in [4.69, 9.17) is 23.2 Å². The summed E-state index contributed by atoms with van der Waals surface area (Å²) in [5, 5.41) is 2.64. The zero-order chi connectivity index (χ0) is 17.9. The fourth-order valence-corrected chi connectivity index (χ4v) is 5.74. The van der Waals surface area contributed by atoms with Crippen LogP contribution < -0.4 is 4.72 Å². The number of nitrogens with one attached hydrogen (secondary N) is 1. The van der Waals surface area contributed by atoms with Crippen LogP contribution >= 0.6 is 34.5 Å². The number of hydrogen-bond acceptors (Lipinski definition) is 4. The maximum atomic E-state index is 12.4. The molecule has 1 aliphatic heterocycles. The average Bonchev–Trinajstić information content (AvgIpc) is 3.12. The minimum atomic E-state index is -3.65. The van der Waals surface area contributed by atoms with Crippen molar-refractivity contribution in [2.75, 3.05) is 26.2 Å². The number of likely N-dealkylation sites (tertiary alicyclic amines) is 1. The van der Waals surface area contributed by atoms with E-state index in [9.17, 15) is 8.42 Å². The maximum absolute atomic E-state index is 12.4. The summed E-state index contributed by atoms with van der Waals surface area (Å²) in [4.78, 5) is 3.78. The van der Waals surface area contributed by atoms with E-state index < -0.39 is 10.0 Å². The molecule has 8 heteroatoms. The topological polar surface area (TPSA) is 49.4 Å². The van der Waals surface area contributed by atoms with Gasteiger partial charge >= 0.3 is 0 Å². The molecule has 3 rings (SSSR count). The Morgan fingerprint density at radius 2 is 1.96 bits per heavy atom. The van der Waals surface area contributed by atoms with Crippen molar-refractivity contribution >= 4 is 44.6 Å². The molecule has 1 saturated heterocycles. The molecule has 136 valence electrons. The van der Waals surface area contributed by atoms with Crippen LogP contribution in [0.2, 0.25) is 10.0 Å². The molecule has 25 heavy (non-hydrogen) atoms. The first-order valence-corrected chi connectivity index (χ1v) is 11.3. The van der Waals surface area contributed by atoms with Crippen LogP contribution in [-0.2, 0) is 10.0 Å². The van der Waals surface area contributed by atoms with Crippen LogP contribution in [0.15, 0.2) is 40.6 Å². The van der Waals surface area contributed by atoms with Gasteiger partial charge in [0.25, 0.3) is 0 Å². The van der Waals surface area contributed by atoms with E-state index in [-0.39, 0.29) is 9.92 Å². The lowest BCUT2D eigenvalue weighted by molar-refractivity contribution is 0.217. The van der Waals surface area contributed by atoms with Gasteiger partial charge in [0.05, 0.1) is 5.02 Å². The molecule has 0 aliphatic carbocycles. The molecule has 4 nitrogen and oxygen atoms in total. The molecular formula is C17H20Cl2N2O2S2. The van der Waals surface area contributed by atoms with Crippen molar-refractivity contribution in [1.29, 1.82) is 0 Å². The number of hydrogen-bond donors (Lipinski definition) is 1. The van der Waals surface area contributed by atoms with Crippen LogP contribution in [-0.4, -0.2) is 39.5 Å². The van der Waals surface area contributed by atoms with E-state index in [0.29, 0.717) is 24.0 Å². The van der Waals surface area contributed by atoms with Gasteiger partial charge in [0, 0.05) is 23.0 Å². The summed E-state index contributed by atoms with van der Waals surface area (Å²) in [6, 6.07) is 8.74. The summed E-state index contributed by atoms with van der Waals surface area (Å²) in [6.45, 7) is 3.02. The molecule has 0 unspecified atom stereocenters. The highest BCUT2D eigenvalue weighted by molar-refractivity contribution is 7.89. The highest BCUT2D eigenvalue weighted by atomic mass is 35.5. The Morgan fingerprint density at radius 1 is 1.20 bits per heavy atom. The Labute approximate surface area is 162 Å². The van der Waals surface area contributed by atoms with E-state index in [2.05, 4.69) is 27.1 Å². The van der Waals surface area contributed by atoms with Gasteiger partial charge in [-0.3, -0.25) is 0 Å². The molecule has 1 fully saturated rings. The third-order valence-corrected chi connectivity index (χ3v) is 7.65. The fourth-order valence-electron chi connectivity index (χ4n) is 3.06. The number of nitrogens with zero attached hydrogens (tertiary/aromatic N) is 1. The highest BCUT2D eigenvalue weighted by Crippen LogP contribution is 2.30. The number of benzene rings is 1. The zero-order valence-corrected chi connectivity index (χ0v) is 16.8. The van der Waals surface area contributed by atoms with Gasteiger partial charge in [-0.2, -0.15) is 0 Å². The second-order valence-corrected chi connectivity index (χ2v) is 9.66. The lowest BCUT2D eigenvalue weighted by Crippen LogP contribution is -2.39. The standard InChI is InChI=1S/C17H20Cl2N2O2S2/c18-14-3-4-15(19)17(12-14)25(22,23)20-7-10-21-8-5-13(6-9-21)16-2-1-11-24-16/h1-4,11-13,20H,5-10H2. The summed E-state index contributed by atoms with van der Waals surface area (Å²) in [7, 11) is -3.65. The van der Waals surface area contributed by atoms with E-state index in [0.717, 1.165) is 25.9 Å². The van der Waals surface area contributed by atoms with Crippen molar-refractivity contribution in [2.45, 2.75) is 23.7 Å². The van der Waals surface area contributed by atoms with Crippen molar-refractivity contribution in [1.82, 2.24) is 9.62 Å². The minimum Gasteiger partial charge on any atom is -0.302 e. The second kappa shape index (κ2) is 8.37. The molecule has 0 radical (unpaired) electrons. The largest absolute Gasteiger partial charge is 0.302 e. The van der Waals surface area contributed by atoms with Crippen molar-refractivity contribution in [3.63, 3.8) is 0 Å². The Morgan fingerprint density at radius 3 is 2.64 bits per heavy atom. The number of piperidine rings is 1. The van der Waals surface area contributed by atoms with Crippen LogP contribution in [0.1, 0.15) is 23.6 Å². The number of thiophene rings is 1. The van der Waals surface area contributed by atoms with Crippen molar-refractivity contribution in [2.24, 2.45) is 0 Å². The molecule has 2 aromatic rings. The maximum Gasteiger partial charge on any atom is 0.242 e. The van der Waals surface area contributed by atoms with Gasteiger partial charge < -0.3 is 4.90 Å². The van der Waals surface area contributed by atoms with Gasteiger partial charge in [-0.05, 0) is 61.5 Å². The van der Waals surface area contributed by atoms with Crippen molar-refractivity contribution in [3.8, 4) is 0 Å². The number of sulfonamides is 1. The van der Waals surface area contributed by atoms with Gasteiger partial charge in [0.1, 0.15) is 4.90 Å². The molecular weight excluding hydrogens is 399 g/mol. The summed E-state index contributed by atoms with van der Waals surface area (Å²) in [5.41, 5.74) is 0. The van der Waals surface area contributed by atoms with Crippen molar-refractivity contribution in [3.05, 3.63) is 50.6 Å². The van der Waals surface area contributed by atoms with Crippen LogP contribution in [0.25, 0.3) is 0 Å². The Kier molecular flexibility index (Phi) is 6.41. The van der Waals surface area contributed by atoms with E-state index in [1.54, 1.807) is 6.07 Å². The number of rotatable bonds is 6. The molecule has 1 aliphatic rings. The molecule has 0 spiro atoms. The average molecular weight is 419 g/mol. The fraction of sp³-hybridized carbons (Fsp3) is 0.412. The van der Waals surface area contributed by atoms with Gasteiger partial charge in [-0.15, -0.1) is 11.3 Å². The lowest BCUT2D eigenvalue weighted by Gasteiger charge is -2.31. The lowest BCUT2D eigenvalue weighted by atomic mass is 9.95. The van der Waals surface area contributed by atoms with E-state index in [1.165, 1.54) is 17.0 Å². The molecule has 0 saturated carbocycles. The first-order chi connectivity index (χ1) is 12.0. The van der Waals surface area contributed by atoms with E-state index >= 15 is 0 Å². The summed E-state index contributed by atoms with van der Waals surface area (Å²) >= 11 is 13.7. The molecule has 2 heterocycles. The van der Waals surface area contributed by atoms with Gasteiger partial charge in [0.2, 0.25) is 10.0 Å².